The minimum atomic E-state index is -0.450. The molecular weight excluding hydrogens is 204 g/mol. The molecule has 0 saturated heterocycles. The van der Waals surface area contributed by atoms with E-state index in [2.05, 4.69) is 0 Å². The molecule has 0 aromatic heterocycles. The number of rotatable bonds is 2. The maximum absolute atomic E-state index is 9.94. The molecule has 3 rings (SSSR count). The molecule has 1 aromatic rings. The maximum Gasteiger partial charge on any atom is 0.164 e. The number of hydrogen-bond donors (Lipinski definition) is 1. The number of benzene rings is 1. The molecular formula is C13H16O3. The molecule has 2 aliphatic rings. The quantitative estimate of drug-likeness (QED) is 0.826. The van der Waals surface area contributed by atoms with Crippen molar-refractivity contribution in [3.8, 4) is 11.5 Å². The molecule has 1 fully saturated rings. The van der Waals surface area contributed by atoms with Gasteiger partial charge in [-0.3, -0.25) is 0 Å². The van der Waals surface area contributed by atoms with E-state index in [1.165, 1.54) is 5.56 Å². The van der Waals surface area contributed by atoms with Crippen LogP contribution in [0, 0.1) is 6.92 Å². The number of aliphatic hydroxyl groups is 1. The predicted molar refractivity (Wildman–Crippen MR) is 60.1 cm³/mol. The third-order valence-corrected chi connectivity index (χ3v) is 3.42. The van der Waals surface area contributed by atoms with Crippen LogP contribution in [0.4, 0.5) is 0 Å². The van der Waals surface area contributed by atoms with Crippen LogP contribution in [-0.4, -0.2) is 23.9 Å². The fourth-order valence-corrected chi connectivity index (χ4v) is 2.16. The third kappa shape index (κ3) is 1.65. The zero-order chi connectivity index (χ0) is 11.2. The molecule has 1 aromatic carbocycles. The van der Waals surface area contributed by atoms with Crippen molar-refractivity contribution >= 4 is 0 Å². The van der Waals surface area contributed by atoms with Gasteiger partial charge in [0.05, 0.1) is 5.60 Å². The van der Waals surface area contributed by atoms with E-state index in [0.29, 0.717) is 13.2 Å². The lowest BCUT2D eigenvalue weighted by Crippen LogP contribution is -2.18. The summed E-state index contributed by atoms with van der Waals surface area (Å²) in [5.41, 5.74) is 1.83. The van der Waals surface area contributed by atoms with Crippen molar-refractivity contribution in [2.24, 2.45) is 0 Å². The Morgan fingerprint density at radius 2 is 2.00 bits per heavy atom. The van der Waals surface area contributed by atoms with Crippen molar-refractivity contribution < 1.29 is 14.6 Å². The van der Waals surface area contributed by atoms with Crippen molar-refractivity contribution in [2.45, 2.75) is 31.8 Å². The molecule has 0 spiro atoms. The van der Waals surface area contributed by atoms with E-state index >= 15 is 0 Å². The Balaban J connectivity index is 1.94. The molecule has 1 aliphatic carbocycles. The lowest BCUT2D eigenvalue weighted by molar-refractivity contribution is 0.149. The normalized spacial score (nSPS) is 20.6. The summed E-state index contributed by atoms with van der Waals surface area (Å²) in [7, 11) is 0. The van der Waals surface area contributed by atoms with Crippen LogP contribution in [0.2, 0.25) is 0 Å². The van der Waals surface area contributed by atoms with Crippen molar-refractivity contribution in [1.82, 2.24) is 0 Å². The van der Waals surface area contributed by atoms with Gasteiger partial charge in [0.25, 0.3) is 0 Å². The first-order valence-electron chi connectivity index (χ1n) is 5.78. The highest BCUT2D eigenvalue weighted by atomic mass is 16.6. The van der Waals surface area contributed by atoms with E-state index in [0.717, 1.165) is 36.3 Å². The highest BCUT2D eigenvalue weighted by Crippen LogP contribution is 2.42. The summed E-state index contributed by atoms with van der Waals surface area (Å²) in [5, 5.41) is 9.94. The van der Waals surface area contributed by atoms with Gasteiger partial charge in [-0.15, -0.1) is 0 Å². The van der Waals surface area contributed by atoms with Crippen LogP contribution >= 0.6 is 0 Å². The maximum atomic E-state index is 9.94. The van der Waals surface area contributed by atoms with Crippen LogP contribution in [0.5, 0.6) is 11.5 Å². The Morgan fingerprint density at radius 1 is 1.25 bits per heavy atom. The summed E-state index contributed by atoms with van der Waals surface area (Å²) in [4.78, 5) is 0. The topological polar surface area (TPSA) is 38.7 Å². The van der Waals surface area contributed by atoms with Crippen molar-refractivity contribution in [1.29, 1.82) is 0 Å². The molecule has 1 saturated carbocycles. The van der Waals surface area contributed by atoms with Gasteiger partial charge in [0.1, 0.15) is 13.2 Å². The molecule has 86 valence electrons. The van der Waals surface area contributed by atoms with E-state index in [4.69, 9.17) is 9.47 Å². The largest absolute Gasteiger partial charge is 0.486 e. The Hall–Kier alpha value is -1.22. The van der Waals surface area contributed by atoms with Gasteiger partial charge in [-0.1, -0.05) is 6.07 Å². The molecule has 1 aliphatic heterocycles. The van der Waals surface area contributed by atoms with E-state index < -0.39 is 5.60 Å². The van der Waals surface area contributed by atoms with Crippen LogP contribution in [0.1, 0.15) is 24.0 Å². The molecule has 1 N–H and O–H groups in total. The van der Waals surface area contributed by atoms with Gasteiger partial charge >= 0.3 is 0 Å². The highest BCUT2D eigenvalue weighted by molar-refractivity contribution is 5.51. The second-order valence-corrected chi connectivity index (χ2v) is 4.77. The van der Waals surface area contributed by atoms with E-state index in [9.17, 15) is 5.11 Å². The third-order valence-electron chi connectivity index (χ3n) is 3.42. The fraction of sp³-hybridized carbons (Fsp3) is 0.538. The molecule has 0 bridgehead atoms. The first-order chi connectivity index (χ1) is 7.68. The molecule has 3 heteroatoms. The molecule has 0 unspecified atom stereocenters. The highest BCUT2D eigenvalue weighted by Gasteiger charge is 2.40. The minimum absolute atomic E-state index is 0.450. The van der Waals surface area contributed by atoms with Gasteiger partial charge in [-0.2, -0.15) is 0 Å². The molecule has 3 nitrogen and oxygen atoms in total. The van der Waals surface area contributed by atoms with Gasteiger partial charge in [0, 0.05) is 6.42 Å². The van der Waals surface area contributed by atoms with Gasteiger partial charge in [0.2, 0.25) is 0 Å². The van der Waals surface area contributed by atoms with Gasteiger partial charge < -0.3 is 14.6 Å². The summed E-state index contributed by atoms with van der Waals surface area (Å²) < 4.78 is 11.1. The predicted octanol–water partition coefficient (Wildman–Crippen LogP) is 1.83. The molecule has 16 heavy (non-hydrogen) atoms. The first kappa shape index (κ1) is 9.97. The molecule has 0 atom stereocenters. The van der Waals surface area contributed by atoms with Crippen LogP contribution in [0.3, 0.4) is 0 Å². The average Bonchev–Trinajstić information content (AvgIpc) is 3.01. The van der Waals surface area contributed by atoms with E-state index in [-0.39, 0.29) is 0 Å². The SMILES string of the molecule is Cc1c(CC2(O)CC2)ccc2c1OCCO2. The Bertz CT molecular complexity index is 421. The number of fused-ring (bicyclic) bond motifs is 1. The summed E-state index contributed by atoms with van der Waals surface area (Å²) in [6.45, 7) is 3.27. The van der Waals surface area contributed by atoms with Crippen LogP contribution in [-0.2, 0) is 6.42 Å². The number of hydrogen-bond acceptors (Lipinski definition) is 3. The molecule has 1 heterocycles. The minimum Gasteiger partial charge on any atom is -0.486 e. The standard InChI is InChI=1S/C13H16O3/c1-9-10(8-13(14)4-5-13)2-3-11-12(9)16-7-6-15-11/h2-3,14H,4-8H2,1H3. The van der Waals surface area contributed by atoms with Gasteiger partial charge in [-0.05, 0) is 37.0 Å². The monoisotopic (exact) mass is 220 g/mol. The summed E-state index contributed by atoms with van der Waals surface area (Å²) >= 11 is 0. The summed E-state index contributed by atoms with van der Waals surface area (Å²) in [5.74, 6) is 1.68. The Kier molecular flexibility index (Phi) is 2.11. The fourth-order valence-electron chi connectivity index (χ4n) is 2.16. The van der Waals surface area contributed by atoms with E-state index in [1.54, 1.807) is 0 Å². The van der Waals surface area contributed by atoms with Gasteiger partial charge in [0.15, 0.2) is 11.5 Å². The molecule has 0 amide bonds. The van der Waals surface area contributed by atoms with Crippen molar-refractivity contribution in [3.05, 3.63) is 23.3 Å². The van der Waals surface area contributed by atoms with E-state index in [1.807, 2.05) is 19.1 Å². The summed E-state index contributed by atoms with van der Waals surface area (Å²) in [6.07, 6.45) is 2.57. The second kappa shape index (κ2) is 3.39. The number of ether oxygens (including phenoxy) is 2. The average molecular weight is 220 g/mol. The Labute approximate surface area is 95.0 Å². The first-order valence-corrected chi connectivity index (χ1v) is 5.78. The van der Waals surface area contributed by atoms with Crippen molar-refractivity contribution in [3.63, 3.8) is 0 Å². The van der Waals surface area contributed by atoms with Crippen LogP contribution in [0.25, 0.3) is 0 Å². The van der Waals surface area contributed by atoms with Gasteiger partial charge in [-0.25, -0.2) is 0 Å². The lowest BCUT2D eigenvalue weighted by Gasteiger charge is -2.22. The Morgan fingerprint density at radius 3 is 2.75 bits per heavy atom. The zero-order valence-corrected chi connectivity index (χ0v) is 9.45. The zero-order valence-electron chi connectivity index (χ0n) is 9.45. The molecule has 0 radical (unpaired) electrons. The van der Waals surface area contributed by atoms with Crippen LogP contribution in [0.15, 0.2) is 12.1 Å². The van der Waals surface area contributed by atoms with Crippen molar-refractivity contribution in [2.75, 3.05) is 13.2 Å². The lowest BCUT2D eigenvalue weighted by atomic mass is 10.00. The summed E-state index contributed by atoms with van der Waals surface area (Å²) in [6, 6.07) is 3.99. The van der Waals surface area contributed by atoms with Crippen LogP contribution < -0.4 is 9.47 Å². The second-order valence-electron chi connectivity index (χ2n) is 4.77. The smallest absolute Gasteiger partial charge is 0.164 e.